The van der Waals surface area contributed by atoms with E-state index in [2.05, 4.69) is 5.32 Å². The second kappa shape index (κ2) is 8.56. The third kappa shape index (κ3) is 5.87. The van der Waals surface area contributed by atoms with Crippen LogP contribution in [-0.4, -0.2) is 39.2 Å². The molecule has 0 aliphatic rings. The fraction of sp³-hybridized carbons (Fsp3) is 0.429. The zero-order valence-corrected chi connectivity index (χ0v) is 13.2. The number of carboxylic acid groups (broad SMARTS) is 2. The summed E-state index contributed by atoms with van der Waals surface area (Å²) in [6, 6.07) is 7.29. The number of anilines is 1. The fourth-order valence-corrected chi connectivity index (χ4v) is 3.01. The molecule has 0 saturated heterocycles. The highest BCUT2D eigenvalue weighted by atomic mass is 31.1. The van der Waals surface area contributed by atoms with Crippen LogP contribution >= 0.6 is 8.03 Å². The highest BCUT2D eigenvalue weighted by molar-refractivity contribution is 7.39. The highest BCUT2D eigenvalue weighted by Crippen LogP contribution is 2.32. The number of aliphatic carboxylic acids is 2. The predicted molar refractivity (Wildman–Crippen MR) is 82.7 cm³/mol. The van der Waals surface area contributed by atoms with Crippen LogP contribution in [0.25, 0.3) is 0 Å². The number of aryl methyl sites for hydroxylation is 1. The van der Waals surface area contributed by atoms with Crippen LogP contribution in [0.3, 0.4) is 0 Å². The topological polar surface area (TPSA) is 124 Å². The Morgan fingerprint density at radius 3 is 2.27 bits per heavy atom. The Kier molecular flexibility index (Phi) is 7.08. The number of benzene rings is 1. The summed E-state index contributed by atoms with van der Waals surface area (Å²) in [6.07, 6.45) is -0.533. The van der Waals surface area contributed by atoms with Gasteiger partial charge in [0, 0.05) is 18.7 Å². The van der Waals surface area contributed by atoms with Gasteiger partial charge < -0.3 is 20.4 Å². The van der Waals surface area contributed by atoms with Gasteiger partial charge in [0.15, 0.2) is 8.03 Å². The van der Waals surface area contributed by atoms with Crippen LogP contribution in [-0.2, 0) is 14.2 Å². The van der Waals surface area contributed by atoms with E-state index in [4.69, 9.17) is 5.11 Å². The molecule has 1 rings (SSSR count). The number of carbonyl (C=O) groups is 2. The normalized spacial score (nSPS) is 14.8. The monoisotopic (exact) mass is 329 g/mol. The minimum absolute atomic E-state index is 0.00601. The Bertz CT molecular complexity index is 545. The van der Waals surface area contributed by atoms with Crippen molar-refractivity contribution in [2.24, 2.45) is 5.92 Å². The largest absolute Gasteiger partial charge is 0.481 e. The molecule has 0 spiro atoms. The van der Waals surface area contributed by atoms with Gasteiger partial charge in [-0.3, -0.25) is 14.2 Å². The van der Waals surface area contributed by atoms with Crippen LogP contribution in [0, 0.1) is 12.8 Å². The van der Waals surface area contributed by atoms with Crippen molar-refractivity contribution in [1.82, 2.24) is 0 Å². The molecule has 22 heavy (non-hydrogen) atoms. The number of hydrogen-bond donors (Lipinski definition) is 4. The van der Waals surface area contributed by atoms with Gasteiger partial charge in [-0.05, 0) is 25.5 Å². The first-order valence-electron chi connectivity index (χ1n) is 6.79. The van der Waals surface area contributed by atoms with Crippen molar-refractivity contribution >= 4 is 25.7 Å². The number of hydrogen-bond acceptors (Lipinski definition) is 4. The Hall–Kier alpha value is -1.85. The van der Waals surface area contributed by atoms with Crippen LogP contribution in [0.15, 0.2) is 24.3 Å². The van der Waals surface area contributed by atoms with Crippen molar-refractivity contribution in [2.45, 2.75) is 25.4 Å². The average molecular weight is 329 g/mol. The maximum Gasteiger partial charge on any atom is 0.307 e. The summed E-state index contributed by atoms with van der Waals surface area (Å²) >= 11 is 0. The maximum absolute atomic E-state index is 11.5. The van der Waals surface area contributed by atoms with E-state index < -0.39 is 31.5 Å². The maximum atomic E-state index is 11.5. The molecule has 4 N–H and O–H groups in total. The molecule has 3 unspecified atom stereocenters. The molecular formula is C14H20NO6P. The summed E-state index contributed by atoms with van der Waals surface area (Å²) in [5, 5.41) is 20.8. The number of nitrogens with one attached hydrogen (secondary N) is 1. The summed E-state index contributed by atoms with van der Waals surface area (Å²) in [4.78, 5) is 31.3. The van der Waals surface area contributed by atoms with Crippen LogP contribution in [0.1, 0.15) is 18.4 Å². The zero-order chi connectivity index (χ0) is 16.7. The van der Waals surface area contributed by atoms with Crippen LogP contribution in [0.2, 0.25) is 0 Å². The van der Waals surface area contributed by atoms with Gasteiger partial charge in [-0.15, -0.1) is 0 Å². The molecular weight excluding hydrogens is 309 g/mol. The van der Waals surface area contributed by atoms with E-state index >= 15 is 0 Å². The smallest absolute Gasteiger partial charge is 0.307 e. The molecule has 0 aliphatic heterocycles. The van der Waals surface area contributed by atoms with Crippen LogP contribution in [0.4, 0.5) is 5.69 Å². The fourth-order valence-electron chi connectivity index (χ4n) is 2.08. The lowest BCUT2D eigenvalue weighted by molar-refractivity contribution is -0.142. The van der Waals surface area contributed by atoms with Gasteiger partial charge in [0.1, 0.15) is 0 Å². The average Bonchev–Trinajstić information content (AvgIpc) is 2.43. The molecule has 8 heteroatoms. The second-order valence-electron chi connectivity index (χ2n) is 5.07. The van der Waals surface area contributed by atoms with Crippen molar-refractivity contribution in [3.8, 4) is 0 Å². The molecule has 0 saturated carbocycles. The summed E-state index contributed by atoms with van der Waals surface area (Å²) < 4.78 is 11.5. The molecule has 3 atom stereocenters. The molecule has 0 radical (unpaired) electrons. The van der Waals surface area contributed by atoms with E-state index in [0.717, 1.165) is 5.56 Å². The van der Waals surface area contributed by atoms with Gasteiger partial charge in [-0.25, -0.2) is 0 Å². The minimum atomic E-state index is -3.13. The Morgan fingerprint density at radius 1 is 1.23 bits per heavy atom. The number of rotatable bonds is 9. The van der Waals surface area contributed by atoms with E-state index in [1.165, 1.54) is 0 Å². The molecule has 122 valence electrons. The van der Waals surface area contributed by atoms with E-state index in [-0.39, 0.29) is 19.4 Å². The van der Waals surface area contributed by atoms with E-state index in [1.807, 2.05) is 19.1 Å². The van der Waals surface area contributed by atoms with E-state index in [9.17, 15) is 24.2 Å². The Balaban J connectivity index is 2.76. The Morgan fingerprint density at radius 2 is 1.82 bits per heavy atom. The zero-order valence-electron chi connectivity index (χ0n) is 12.2. The third-order valence-corrected chi connectivity index (χ3v) is 4.61. The molecule has 0 fully saturated rings. The number of carboxylic acids is 2. The summed E-state index contributed by atoms with van der Waals surface area (Å²) in [7, 11) is -3.13. The third-order valence-electron chi connectivity index (χ3n) is 3.37. The summed E-state index contributed by atoms with van der Waals surface area (Å²) in [5.74, 6) is -3.57. The van der Waals surface area contributed by atoms with Crippen LogP contribution in [0.5, 0.6) is 0 Å². The summed E-state index contributed by atoms with van der Waals surface area (Å²) in [6.45, 7) is 1.92. The van der Waals surface area contributed by atoms with Crippen molar-refractivity contribution in [2.75, 3.05) is 11.9 Å². The molecule has 0 amide bonds. The van der Waals surface area contributed by atoms with Gasteiger partial charge in [0.25, 0.3) is 0 Å². The van der Waals surface area contributed by atoms with Gasteiger partial charge in [0.05, 0.1) is 11.6 Å². The SMILES string of the molecule is Cc1ccc(NCC(C(CCC(=O)O)C(=O)O)[PH](=O)O)cc1. The molecule has 1 aromatic carbocycles. The van der Waals surface area contributed by atoms with Crippen LogP contribution < -0.4 is 5.32 Å². The van der Waals surface area contributed by atoms with Crippen molar-refractivity contribution in [1.29, 1.82) is 0 Å². The van der Waals surface area contributed by atoms with Crippen molar-refractivity contribution in [3.63, 3.8) is 0 Å². The first-order valence-corrected chi connectivity index (χ1v) is 8.22. The van der Waals surface area contributed by atoms with Crippen molar-refractivity contribution in [3.05, 3.63) is 29.8 Å². The second-order valence-corrected chi connectivity index (χ2v) is 6.49. The highest BCUT2D eigenvalue weighted by Gasteiger charge is 2.32. The lowest BCUT2D eigenvalue weighted by Gasteiger charge is -2.22. The van der Waals surface area contributed by atoms with Gasteiger partial charge in [-0.2, -0.15) is 0 Å². The molecule has 0 heterocycles. The first kappa shape index (κ1) is 18.2. The first-order chi connectivity index (χ1) is 10.3. The summed E-state index contributed by atoms with van der Waals surface area (Å²) in [5.41, 5.74) is 0.743. The minimum Gasteiger partial charge on any atom is -0.481 e. The molecule has 0 bridgehead atoms. The van der Waals surface area contributed by atoms with E-state index in [0.29, 0.717) is 5.69 Å². The van der Waals surface area contributed by atoms with Gasteiger partial charge >= 0.3 is 11.9 Å². The molecule has 0 aliphatic carbocycles. The molecule has 7 nitrogen and oxygen atoms in total. The lowest BCUT2D eigenvalue weighted by atomic mass is 9.99. The quantitative estimate of drug-likeness (QED) is 0.509. The molecule has 0 aromatic heterocycles. The van der Waals surface area contributed by atoms with Gasteiger partial charge in [-0.1, -0.05) is 17.7 Å². The Labute approximate surface area is 128 Å². The standard InChI is InChI=1S/C14H20NO6P/c1-9-2-4-10(5-3-9)15-8-12(22(20)21)11(14(18)19)6-7-13(16)17/h2-5,11-12,15,22H,6-8H2,1H3,(H,16,17)(H,18,19)(H,20,21). The van der Waals surface area contributed by atoms with Crippen molar-refractivity contribution < 1.29 is 29.3 Å². The molecule has 1 aromatic rings. The lowest BCUT2D eigenvalue weighted by Crippen LogP contribution is -2.32. The predicted octanol–water partition coefficient (Wildman–Crippen LogP) is 1.81. The van der Waals surface area contributed by atoms with E-state index in [1.54, 1.807) is 12.1 Å². The van der Waals surface area contributed by atoms with Gasteiger partial charge in [0.2, 0.25) is 0 Å².